The van der Waals surface area contributed by atoms with Gasteiger partial charge in [-0.25, -0.2) is 6.57 Å². The predicted octanol–water partition coefficient (Wildman–Crippen LogP) is 14.3. The molecule has 14 nitrogen and oxygen atoms in total. The fraction of sp³-hybridized carbons (Fsp3) is 0.529. The monoisotopic (exact) mass is 1340 g/mol. The molecule has 1 aromatic heterocycles. The first-order valence-corrected chi connectivity index (χ1v) is 36.9. The summed E-state index contributed by atoms with van der Waals surface area (Å²) in [6.07, 6.45) is 8.26. The number of likely N-dealkylation sites (N-methyl/N-ethyl adjacent to an activating group) is 2. The molecule has 0 fully saturated rings. The van der Waals surface area contributed by atoms with E-state index in [2.05, 4.69) is 211 Å². The molecule has 6 aliphatic rings. The zero-order chi connectivity index (χ0) is 72.0. The van der Waals surface area contributed by atoms with Crippen LogP contribution in [0, 0.1) is 6.57 Å². The lowest BCUT2D eigenvalue weighted by Gasteiger charge is -2.30. The summed E-state index contributed by atoms with van der Waals surface area (Å²) in [6.45, 7) is 45.6. The van der Waals surface area contributed by atoms with E-state index in [0.29, 0.717) is 61.2 Å². The summed E-state index contributed by atoms with van der Waals surface area (Å²) in [7, 11) is 7.74. The number of carbonyl (C=O) groups excluding carboxylic acids is 4. The van der Waals surface area contributed by atoms with E-state index in [1.165, 1.54) is 94.8 Å². The van der Waals surface area contributed by atoms with Crippen molar-refractivity contribution in [3.8, 4) is 0 Å². The van der Waals surface area contributed by atoms with Crippen LogP contribution in [-0.2, 0) is 85.5 Å². The lowest BCUT2D eigenvalue weighted by molar-refractivity contribution is -0.133. The second-order valence-corrected chi connectivity index (χ2v) is 30.4. The molecule has 12 rings (SSSR count). The molecule has 14 heteroatoms. The van der Waals surface area contributed by atoms with Crippen molar-refractivity contribution < 1.29 is 19.2 Å². The van der Waals surface area contributed by atoms with Crippen LogP contribution in [0.15, 0.2) is 103 Å². The van der Waals surface area contributed by atoms with Crippen LogP contribution in [0.25, 0.3) is 4.85 Å². The second kappa shape index (κ2) is 38.3. The Bertz CT molecular complexity index is 3690. The number of fused-ring (bicyclic) bond motifs is 6. The average molecular weight is 1350 g/mol. The minimum absolute atomic E-state index is 0.0775. The van der Waals surface area contributed by atoms with Gasteiger partial charge in [0.1, 0.15) is 0 Å². The summed E-state index contributed by atoms with van der Waals surface area (Å²) < 4.78 is 0. The predicted molar refractivity (Wildman–Crippen MR) is 408 cm³/mol. The molecule has 0 spiro atoms. The van der Waals surface area contributed by atoms with Gasteiger partial charge in [-0.2, -0.15) is 0 Å². The van der Waals surface area contributed by atoms with Gasteiger partial charge in [0.2, 0.25) is 24.3 Å². The maximum Gasteiger partial charge on any atom is 0.251 e. The van der Waals surface area contributed by atoms with Crippen LogP contribution in [0.5, 0.6) is 0 Å². The van der Waals surface area contributed by atoms with E-state index in [0.717, 1.165) is 122 Å². The number of pyridine rings is 1. The van der Waals surface area contributed by atoms with Crippen molar-refractivity contribution in [2.75, 3.05) is 87.1 Å². The SMILES string of the molecule is CC(=O)NC1CCc2cc(C(C)C)ccc2C1.CC(C)c1ccc2c(c1)C(=O)NCC2.CC(C)c1ccc2c(c1)CCN(C(=O)CN(C)C)C2.CC(C)c1ccc2c(c1)CN(C(=O)CN(C)C)CC2.CC(C)c1ccc2c(n1)CCNC2.[C-]#[N+]CCN1CCc2cc(C(C)C)ccc2C1. The summed E-state index contributed by atoms with van der Waals surface area (Å²) in [6, 6.07) is 38.0. The van der Waals surface area contributed by atoms with E-state index in [1.54, 1.807) is 6.92 Å². The molecule has 1 atom stereocenters. The molecule has 0 saturated heterocycles. The summed E-state index contributed by atoms with van der Waals surface area (Å²) in [5, 5.41) is 9.24. The Kier molecular flexibility index (Phi) is 30.5. The fourth-order valence-electron chi connectivity index (χ4n) is 13.4. The Morgan fingerprint density at radius 3 is 1.52 bits per heavy atom. The quantitative estimate of drug-likeness (QED) is 0.0965. The van der Waals surface area contributed by atoms with Crippen molar-refractivity contribution in [2.24, 2.45) is 0 Å². The molecule has 1 aliphatic carbocycles. The van der Waals surface area contributed by atoms with E-state index >= 15 is 0 Å². The largest absolute Gasteiger partial charge is 0.353 e. The third kappa shape index (κ3) is 24.1. The van der Waals surface area contributed by atoms with E-state index < -0.39 is 0 Å². The Morgan fingerprint density at radius 1 is 0.525 bits per heavy atom. The molecule has 5 aromatic carbocycles. The van der Waals surface area contributed by atoms with Gasteiger partial charge in [0.05, 0.1) is 19.6 Å². The fourth-order valence-corrected chi connectivity index (χ4v) is 13.4. The topological polar surface area (TPSA) is 138 Å². The lowest BCUT2D eigenvalue weighted by Crippen LogP contribution is -2.40. The molecule has 1 unspecified atom stereocenters. The van der Waals surface area contributed by atoms with E-state index in [9.17, 15) is 19.2 Å². The maximum atomic E-state index is 12.1. The minimum Gasteiger partial charge on any atom is -0.353 e. The van der Waals surface area contributed by atoms with Crippen LogP contribution in [0.4, 0.5) is 0 Å². The highest BCUT2D eigenvalue weighted by Crippen LogP contribution is 2.30. The van der Waals surface area contributed by atoms with Gasteiger partial charge in [0.25, 0.3) is 5.91 Å². The Hall–Kier alpha value is -7.54. The molecule has 0 saturated carbocycles. The maximum absolute atomic E-state index is 12.1. The van der Waals surface area contributed by atoms with Gasteiger partial charge in [0, 0.05) is 95.2 Å². The van der Waals surface area contributed by atoms with Gasteiger partial charge >= 0.3 is 0 Å². The highest BCUT2D eigenvalue weighted by atomic mass is 16.2. The summed E-state index contributed by atoms with van der Waals surface area (Å²) in [5.74, 6) is 3.95. The molecule has 0 radical (unpaired) electrons. The van der Waals surface area contributed by atoms with Crippen molar-refractivity contribution in [3.05, 3.63) is 215 Å². The first kappa shape index (κ1) is 78.8. The zero-order valence-electron chi connectivity index (χ0n) is 63.5. The molecule has 5 aliphatic heterocycles. The lowest BCUT2D eigenvalue weighted by atomic mass is 9.86. The van der Waals surface area contributed by atoms with E-state index in [1.807, 2.05) is 53.9 Å². The number of aryl methyl sites for hydroxylation is 1. The van der Waals surface area contributed by atoms with Gasteiger partial charge in [-0.3, -0.25) is 29.1 Å². The van der Waals surface area contributed by atoms with Crippen LogP contribution >= 0.6 is 0 Å². The second-order valence-electron chi connectivity index (χ2n) is 30.4. The number of carbonyl (C=O) groups is 4. The molecule has 4 amide bonds. The summed E-state index contributed by atoms with van der Waals surface area (Å²) in [5.41, 5.74) is 24.1. The number of hydrogen-bond donors (Lipinski definition) is 3. The third-order valence-corrected chi connectivity index (χ3v) is 19.7. The van der Waals surface area contributed by atoms with Gasteiger partial charge in [0.15, 0.2) is 0 Å². The van der Waals surface area contributed by atoms with Crippen LogP contribution in [0.3, 0.4) is 0 Å². The van der Waals surface area contributed by atoms with Gasteiger partial charge in [-0.05, 0) is 204 Å². The highest BCUT2D eigenvalue weighted by Gasteiger charge is 2.25. The number of nitrogens with zero attached hydrogens (tertiary/aromatic N) is 7. The van der Waals surface area contributed by atoms with Crippen LogP contribution < -0.4 is 16.0 Å². The number of rotatable bonds is 13. The van der Waals surface area contributed by atoms with Crippen molar-refractivity contribution in [3.63, 3.8) is 0 Å². The van der Waals surface area contributed by atoms with Crippen LogP contribution in [0.1, 0.15) is 237 Å². The minimum atomic E-state index is 0.0775. The van der Waals surface area contributed by atoms with Gasteiger partial charge in [-0.1, -0.05) is 174 Å². The highest BCUT2D eigenvalue weighted by molar-refractivity contribution is 5.97. The Balaban J connectivity index is 0.000000168. The normalized spacial score (nSPS) is 15.9. The number of aromatic nitrogens is 1. The van der Waals surface area contributed by atoms with Crippen molar-refractivity contribution >= 4 is 23.6 Å². The van der Waals surface area contributed by atoms with E-state index in [4.69, 9.17) is 6.57 Å². The zero-order valence-corrected chi connectivity index (χ0v) is 63.5. The molecule has 0 bridgehead atoms. The van der Waals surface area contributed by atoms with Gasteiger partial charge in [-0.15, -0.1) is 0 Å². The van der Waals surface area contributed by atoms with Crippen LogP contribution in [-0.4, -0.2) is 146 Å². The molecule has 534 valence electrons. The standard InChI is InChI=1S/2C16H24N2O.C15H20N2.C15H21NO.C12H15NO.C11H16N2/c1-12(2)13-5-6-15-10-18(8-7-14(15)9-13)16(19)11-17(3)4;1-12(2)14-6-5-13-7-8-18(10-15(13)9-14)16(19)11-17(3)4;1-12(2)13-4-5-15-11-17(9-7-16-3)8-6-14(15)10-13;1-10(2)12-4-5-14-9-15(16-11(3)17)7-6-13(14)8-12;1-8(2)10-4-3-9-5-6-13-12(14)11(9)7-10;1-8(2)10-4-3-9-7-12-6-5-11(9)13-10/h2*5-6,9,12H,7-8,10-11H2,1-4H3;4-5,10,12H,6-9,11H2,1-2H3;4-5,8,10,15H,6-7,9H2,1-3H3,(H,16,17);3-4,7-8H,5-6H2,1-2H3,(H,13,14);3-4,8,12H,5-7H2,1-2H3. The Morgan fingerprint density at radius 2 is 0.990 bits per heavy atom. The molecule has 99 heavy (non-hydrogen) atoms. The molecular weight excluding hydrogens is 1230 g/mol. The number of amides is 4. The first-order valence-electron chi connectivity index (χ1n) is 36.9. The number of hydrogen-bond acceptors (Lipinski definition) is 9. The Labute approximate surface area is 596 Å². The third-order valence-electron chi connectivity index (χ3n) is 19.7. The van der Waals surface area contributed by atoms with E-state index in [-0.39, 0.29) is 23.6 Å². The molecular formula is C85H120N10O4. The summed E-state index contributed by atoms with van der Waals surface area (Å²) >= 11 is 0. The molecule has 6 heterocycles. The smallest absolute Gasteiger partial charge is 0.251 e. The number of nitrogens with one attached hydrogen (secondary N) is 3. The average Bonchev–Trinajstić information content (AvgIpc) is 0.883. The molecule has 3 N–H and O–H groups in total. The van der Waals surface area contributed by atoms with Crippen molar-refractivity contribution in [2.45, 2.75) is 209 Å². The first-order chi connectivity index (χ1) is 47.2. The van der Waals surface area contributed by atoms with Gasteiger partial charge < -0.3 is 40.4 Å². The van der Waals surface area contributed by atoms with Crippen LogP contribution in [0.2, 0.25) is 0 Å². The summed E-state index contributed by atoms with van der Waals surface area (Å²) in [4.78, 5) is 65.1. The van der Waals surface area contributed by atoms with Crippen molar-refractivity contribution in [1.29, 1.82) is 0 Å². The van der Waals surface area contributed by atoms with Crippen molar-refractivity contribution in [1.82, 2.24) is 45.4 Å². The number of benzene rings is 5. The molecule has 6 aromatic rings.